The fourth-order valence-electron chi connectivity index (χ4n) is 1.76. The van der Waals surface area contributed by atoms with Crippen molar-refractivity contribution < 1.29 is 5.11 Å². The van der Waals surface area contributed by atoms with E-state index in [0.717, 1.165) is 6.54 Å². The van der Waals surface area contributed by atoms with Crippen LogP contribution in [0.25, 0.3) is 0 Å². The standard InChI is InChI=1S/C11H23NO/c1-11(2,3)5-7-12-6-4-10(8-12)9-13/h10,13H,4-9H2,1-3H3. The van der Waals surface area contributed by atoms with E-state index in [1.54, 1.807) is 0 Å². The van der Waals surface area contributed by atoms with Gasteiger partial charge in [-0.3, -0.25) is 0 Å². The van der Waals surface area contributed by atoms with Crippen molar-refractivity contribution in [2.45, 2.75) is 33.6 Å². The van der Waals surface area contributed by atoms with Gasteiger partial charge in [0.1, 0.15) is 0 Å². The molecule has 0 amide bonds. The van der Waals surface area contributed by atoms with Crippen molar-refractivity contribution in [3.05, 3.63) is 0 Å². The lowest BCUT2D eigenvalue weighted by Crippen LogP contribution is -2.25. The molecule has 1 aliphatic heterocycles. The number of hydrogen-bond donors (Lipinski definition) is 1. The van der Waals surface area contributed by atoms with Crippen LogP contribution in [0.5, 0.6) is 0 Å². The van der Waals surface area contributed by atoms with Gasteiger partial charge in [-0.2, -0.15) is 0 Å². The normalized spacial score (nSPS) is 25.4. The van der Waals surface area contributed by atoms with Gasteiger partial charge in [-0.25, -0.2) is 0 Å². The lowest BCUT2D eigenvalue weighted by molar-refractivity contribution is 0.212. The third-order valence-electron chi connectivity index (χ3n) is 2.81. The molecule has 1 N–H and O–H groups in total. The van der Waals surface area contributed by atoms with E-state index >= 15 is 0 Å². The molecule has 0 aromatic carbocycles. The summed E-state index contributed by atoms with van der Waals surface area (Å²) in [6.45, 7) is 10.7. The highest BCUT2D eigenvalue weighted by atomic mass is 16.3. The van der Waals surface area contributed by atoms with Crippen LogP contribution in [0, 0.1) is 11.3 Å². The van der Waals surface area contributed by atoms with E-state index in [2.05, 4.69) is 25.7 Å². The summed E-state index contributed by atoms with van der Waals surface area (Å²) in [5.41, 5.74) is 0.442. The molecule has 1 heterocycles. The van der Waals surface area contributed by atoms with Crippen LogP contribution in [-0.2, 0) is 0 Å². The maximum atomic E-state index is 8.99. The minimum atomic E-state index is 0.367. The fraction of sp³-hybridized carbons (Fsp3) is 1.00. The van der Waals surface area contributed by atoms with Crippen molar-refractivity contribution in [3.63, 3.8) is 0 Å². The molecule has 2 nitrogen and oxygen atoms in total. The van der Waals surface area contributed by atoms with Gasteiger partial charge in [0.05, 0.1) is 0 Å². The number of likely N-dealkylation sites (tertiary alicyclic amines) is 1. The molecule has 1 atom stereocenters. The molecule has 0 aromatic heterocycles. The van der Waals surface area contributed by atoms with Gasteiger partial charge < -0.3 is 10.0 Å². The molecule has 0 spiro atoms. The predicted molar refractivity (Wildman–Crippen MR) is 55.7 cm³/mol. The number of rotatable bonds is 3. The van der Waals surface area contributed by atoms with E-state index < -0.39 is 0 Å². The van der Waals surface area contributed by atoms with Crippen molar-refractivity contribution in [3.8, 4) is 0 Å². The van der Waals surface area contributed by atoms with Crippen molar-refractivity contribution in [2.75, 3.05) is 26.2 Å². The molecule has 0 aliphatic carbocycles. The van der Waals surface area contributed by atoms with Crippen molar-refractivity contribution in [2.24, 2.45) is 11.3 Å². The first-order chi connectivity index (χ1) is 6.01. The average Bonchev–Trinajstić information content (AvgIpc) is 2.47. The lowest BCUT2D eigenvalue weighted by atomic mass is 9.92. The lowest BCUT2D eigenvalue weighted by Gasteiger charge is -2.23. The third kappa shape index (κ3) is 4.10. The third-order valence-corrected chi connectivity index (χ3v) is 2.81. The summed E-state index contributed by atoms with van der Waals surface area (Å²) in [5.74, 6) is 0.542. The summed E-state index contributed by atoms with van der Waals surface area (Å²) < 4.78 is 0. The Morgan fingerprint density at radius 1 is 1.38 bits per heavy atom. The van der Waals surface area contributed by atoms with Gasteiger partial charge in [-0.05, 0) is 37.3 Å². The summed E-state index contributed by atoms with van der Waals surface area (Å²) in [5, 5.41) is 8.99. The molecule has 0 bridgehead atoms. The molecule has 0 saturated carbocycles. The van der Waals surface area contributed by atoms with Crippen LogP contribution in [0.3, 0.4) is 0 Å². The highest BCUT2D eigenvalue weighted by Crippen LogP contribution is 2.22. The second kappa shape index (κ2) is 4.43. The van der Waals surface area contributed by atoms with E-state index in [1.165, 1.54) is 25.9 Å². The molecule has 1 aliphatic rings. The minimum Gasteiger partial charge on any atom is -0.396 e. The molecule has 0 aromatic rings. The van der Waals surface area contributed by atoms with Crippen LogP contribution in [0.2, 0.25) is 0 Å². The molecule has 1 fully saturated rings. The fourth-order valence-corrected chi connectivity index (χ4v) is 1.76. The highest BCUT2D eigenvalue weighted by Gasteiger charge is 2.22. The zero-order valence-corrected chi connectivity index (χ0v) is 9.21. The SMILES string of the molecule is CC(C)(C)CCN1CCC(CO)C1. The Bertz CT molecular complexity index is 151. The summed E-state index contributed by atoms with van der Waals surface area (Å²) in [7, 11) is 0. The van der Waals surface area contributed by atoms with Crippen LogP contribution < -0.4 is 0 Å². The molecule has 0 radical (unpaired) electrons. The van der Waals surface area contributed by atoms with Crippen molar-refractivity contribution >= 4 is 0 Å². The van der Waals surface area contributed by atoms with Gasteiger partial charge in [-0.1, -0.05) is 20.8 Å². The predicted octanol–water partition coefficient (Wildman–Crippen LogP) is 1.74. The number of aliphatic hydroxyl groups excluding tert-OH is 1. The number of nitrogens with zero attached hydrogens (tertiary/aromatic N) is 1. The molecule has 1 saturated heterocycles. The van der Waals surface area contributed by atoms with Crippen LogP contribution in [0.1, 0.15) is 33.6 Å². The second-order valence-corrected chi connectivity index (χ2v) is 5.45. The van der Waals surface area contributed by atoms with E-state index in [0.29, 0.717) is 17.9 Å². The maximum Gasteiger partial charge on any atom is 0.0471 e. The molecule has 1 unspecified atom stereocenters. The van der Waals surface area contributed by atoms with Gasteiger partial charge in [0.2, 0.25) is 0 Å². The van der Waals surface area contributed by atoms with E-state index in [1.807, 2.05) is 0 Å². The summed E-state index contributed by atoms with van der Waals surface area (Å²) in [6, 6.07) is 0. The Kier molecular flexibility index (Phi) is 3.74. The summed E-state index contributed by atoms with van der Waals surface area (Å²) in [4.78, 5) is 2.48. The quantitative estimate of drug-likeness (QED) is 0.724. The Morgan fingerprint density at radius 3 is 2.54 bits per heavy atom. The molecule has 78 valence electrons. The smallest absolute Gasteiger partial charge is 0.0471 e. The van der Waals surface area contributed by atoms with E-state index in [4.69, 9.17) is 5.11 Å². The highest BCUT2D eigenvalue weighted by molar-refractivity contribution is 4.76. The van der Waals surface area contributed by atoms with Crippen molar-refractivity contribution in [1.82, 2.24) is 4.90 Å². The van der Waals surface area contributed by atoms with Gasteiger partial charge in [0, 0.05) is 13.2 Å². The zero-order chi connectivity index (χ0) is 9.90. The second-order valence-electron chi connectivity index (χ2n) is 5.45. The minimum absolute atomic E-state index is 0.367. The Morgan fingerprint density at radius 2 is 2.08 bits per heavy atom. The van der Waals surface area contributed by atoms with Gasteiger partial charge in [-0.15, -0.1) is 0 Å². The molecular weight excluding hydrogens is 162 g/mol. The molecule has 2 heteroatoms. The summed E-state index contributed by atoms with van der Waals surface area (Å²) >= 11 is 0. The Balaban J connectivity index is 2.17. The largest absolute Gasteiger partial charge is 0.396 e. The first-order valence-corrected chi connectivity index (χ1v) is 5.34. The molecule has 13 heavy (non-hydrogen) atoms. The van der Waals surface area contributed by atoms with Crippen LogP contribution in [-0.4, -0.2) is 36.2 Å². The molecule has 1 rings (SSSR count). The zero-order valence-electron chi connectivity index (χ0n) is 9.21. The Labute approximate surface area is 81.9 Å². The first-order valence-electron chi connectivity index (χ1n) is 5.34. The first kappa shape index (κ1) is 11.0. The van der Waals surface area contributed by atoms with Crippen LogP contribution >= 0.6 is 0 Å². The van der Waals surface area contributed by atoms with Gasteiger partial charge >= 0.3 is 0 Å². The van der Waals surface area contributed by atoms with Crippen LogP contribution in [0.4, 0.5) is 0 Å². The van der Waals surface area contributed by atoms with Gasteiger partial charge in [0.25, 0.3) is 0 Å². The number of aliphatic hydroxyl groups is 1. The number of hydrogen-bond acceptors (Lipinski definition) is 2. The topological polar surface area (TPSA) is 23.5 Å². The van der Waals surface area contributed by atoms with E-state index in [9.17, 15) is 0 Å². The summed E-state index contributed by atoms with van der Waals surface area (Å²) in [6.07, 6.45) is 2.44. The monoisotopic (exact) mass is 185 g/mol. The average molecular weight is 185 g/mol. The van der Waals surface area contributed by atoms with Crippen molar-refractivity contribution in [1.29, 1.82) is 0 Å². The van der Waals surface area contributed by atoms with E-state index in [-0.39, 0.29) is 0 Å². The maximum absolute atomic E-state index is 8.99. The van der Waals surface area contributed by atoms with Crippen LogP contribution in [0.15, 0.2) is 0 Å². The Hall–Kier alpha value is -0.0800. The molecular formula is C11H23NO. The van der Waals surface area contributed by atoms with Gasteiger partial charge in [0.15, 0.2) is 0 Å².